The zero-order valence-corrected chi connectivity index (χ0v) is 12.7. The largest absolute Gasteiger partial charge is 0.457 e. The van der Waals surface area contributed by atoms with E-state index < -0.39 is 0 Å². The molecule has 3 rings (SSSR count). The van der Waals surface area contributed by atoms with Crippen molar-refractivity contribution < 1.29 is 9.13 Å². The summed E-state index contributed by atoms with van der Waals surface area (Å²) in [6, 6.07) is 24.0. The summed E-state index contributed by atoms with van der Waals surface area (Å²) in [6.45, 7) is 3.92. The second kappa shape index (κ2) is 6.93. The normalized spacial score (nSPS) is 11.7. The fourth-order valence-electron chi connectivity index (χ4n) is 2.53. The monoisotopic (exact) mass is 304 g/mol. The summed E-state index contributed by atoms with van der Waals surface area (Å²) in [5.41, 5.74) is 2.05. The Kier molecular flexibility index (Phi) is 4.53. The molecule has 1 unspecified atom stereocenters. The molecule has 3 aromatic carbocycles. The fourth-order valence-corrected chi connectivity index (χ4v) is 2.53. The Bertz CT molecular complexity index is 778. The summed E-state index contributed by atoms with van der Waals surface area (Å²) < 4.78 is 19.0. The van der Waals surface area contributed by atoms with Crippen LogP contribution in [0.4, 0.5) is 4.39 Å². The molecule has 0 aliphatic rings. The molecule has 0 saturated carbocycles. The van der Waals surface area contributed by atoms with E-state index >= 15 is 0 Å². The van der Waals surface area contributed by atoms with Crippen LogP contribution < -0.4 is 4.74 Å². The van der Waals surface area contributed by atoms with Crippen molar-refractivity contribution in [3.8, 4) is 11.5 Å². The zero-order valence-electron chi connectivity index (χ0n) is 12.7. The number of rotatable bonds is 5. The molecule has 0 spiro atoms. The molecule has 1 atom stereocenters. The molecule has 0 saturated heterocycles. The van der Waals surface area contributed by atoms with Gasteiger partial charge in [0.2, 0.25) is 0 Å². The maximum atomic E-state index is 13.1. The quantitative estimate of drug-likeness (QED) is 0.530. The van der Waals surface area contributed by atoms with Gasteiger partial charge in [-0.1, -0.05) is 48.5 Å². The van der Waals surface area contributed by atoms with Crippen LogP contribution in [0.2, 0.25) is 0 Å². The van der Waals surface area contributed by atoms with Crippen molar-refractivity contribution in [1.82, 2.24) is 0 Å². The number of hydrogen-bond acceptors (Lipinski definition) is 1. The zero-order chi connectivity index (χ0) is 16.1. The lowest BCUT2D eigenvalue weighted by molar-refractivity contribution is 0.482. The van der Waals surface area contributed by atoms with Crippen molar-refractivity contribution in [2.75, 3.05) is 0 Å². The highest BCUT2D eigenvalue weighted by atomic mass is 19.1. The van der Waals surface area contributed by atoms with E-state index in [1.165, 1.54) is 12.1 Å². The van der Waals surface area contributed by atoms with Crippen LogP contribution in [-0.4, -0.2) is 0 Å². The molecule has 0 aliphatic heterocycles. The molecule has 0 amide bonds. The van der Waals surface area contributed by atoms with Crippen molar-refractivity contribution in [2.24, 2.45) is 0 Å². The van der Waals surface area contributed by atoms with Crippen molar-refractivity contribution >= 4 is 0 Å². The summed E-state index contributed by atoms with van der Waals surface area (Å²) in [4.78, 5) is 0. The molecule has 114 valence electrons. The van der Waals surface area contributed by atoms with Crippen LogP contribution in [0.5, 0.6) is 11.5 Å². The maximum Gasteiger partial charge on any atom is 0.127 e. The average Bonchev–Trinajstić information content (AvgIpc) is 2.59. The fraction of sp³-hybridized carbons (Fsp3) is 0.0476. The number of allylic oxidation sites excluding steroid dienone is 1. The third-order valence-corrected chi connectivity index (χ3v) is 3.66. The second-order valence-electron chi connectivity index (χ2n) is 5.25. The average molecular weight is 304 g/mol. The number of hydrogen-bond donors (Lipinski definition) is 0. The van der Waals surface area contributed by atoms with Gasteiger partial charge in [-0.15, -0.1) is 6.58 Å². The summed E-state index contributed by atoms with van der Waals surface area (Å²) in [7, 11) is 0. The molecule has 0 N–H and O–H groups in total. The molecule has 3 aromatic rings. The van der Waals surface area contributed by atoms with Crippen LogP contribution in [-0.2, 0) is 0 Å². The minimum Gasteiger partial charge on any atom is -0.457 e. The van der Waals surface area contributed by atoms with Gasteiger partial charge in [-0.05, 0) is 47.5 Å². The summed E-state index contributed by atoms with van der Waals surface area (Å²) in [5, 5.41) is 0. The van der Waals surface area contributed by atoms with Crippen LogP contribution in [0, 0.1) is 5.82 Å². The van der Waals surface area contributed by atoms with Gasteiger partial charge in [0.1, 0.15) is 17.3 Å². The standard InChI is InChI=1S/C21H17FO/c1-2-21(16-11-13-18(22)14-12-16)17-7-6-10-20(15-17)23-19-8-4-3-5-9-19/h2-15,21H,1H2. The highest BCUT2D eigenvalue weighted by Gasteiger charge is 2.11. The van der Waals surface area contributed by atoms with Crippen LogP contribution in [0.3, 0.4) is 0 Å². The van der Waals surface area contributed by atoms with E-state index in [0.29, 0.717) is 0 Å². The third kappa shape index (κ3) is 3.67. The Hall–Kier alpha value is -2.87. The molecule has 1 nitrogen and oxygen atoms in total. The molecule has 2 heteroatoms. The molecule has 0 radical (unpaired) electrons. The van der Waals surface area contributed by atoms with Crippen LogP contribution in [0.15, 0.2) is 91.5 Å². The second-order valence-corrected chi connectivity index (χ2v) is 5.25. The predicted octanol–water partition coefficient (Wildman–Crippen LogP) is 5.94. The van der Waals surface area contributed by atoms with Crippen molar-refractivity contribution in [1.29, 1.82) is 0 Å². The molecular weight excluding hydrogens is 287 g/mol. The van der Waals surface area contributed by atoms with Gasteiger partial charge in [-0.2, -0.15) is 0 Å². The van der Waals surface area contributed by atoms with E-state index in [0.717, 1.165) is 22.6 Å². The lowest BCUT2D eigenvalue weighted by Gasteiger charge is -2.15. The summed E-state index contributed by atoms with van der Waals surface area (Å²) in [5.74, 6) is 1.32. The first kappa shape index (κ1) is 15.0. The van der Waals surface area contributed by atoms with E-state index in [1.807, 2.05) is 60.7 Å². The first-order valence-electron chi connectivity index (χ1n) is 7.47. The van der Waals surface area contributed by atoms with E-state index in [9.17, 15) is 4.39 Å². The molecule has 23 heavy (non-hydrogen) atoms. The Morgan fingerprint density at radius 2 is 1.48 bits per heavy atom. The Balaban J connectivity index is 1.88. The van der Waals surface area contributed by atoms with E-state index in [-0.39, 0.29) is 11.7 Å². The third-order valence-electron chi connectivity index (χ3n) is 3.66. The van der Waals surface area contributed by atoms with Crippen molar-refractivity contribution in [3.05, 3.63) is 108 Å². The number of halogens is 1. The Labute approximate surface area is 135 Å². The lowest BCUT2D eigenvalue weighted by atomic mass is 9.91. The van der Waals surface area contributed by atoms with Crippen molar-refractivity contribution in [2.45, 2.75) is 5.92 Å². The Morgan fingerprint density at radius 1 is 0.783 bits per heavy atom. The minimum atomic E-state index is -0.238. The molecule has 0 bridgehead atoms. The maximum absolute atomic E-state index is 13.1. The number of benzene rings is 3. The van der Waals surface area contributed by atoms with E-state index in [2.05, 4.69) is 6.58 Å². The molecule has 0 heterocycles. The van der Waals surface area contributed by atoms with Gasteiger partial charge in [0, 0.05) is 5.92 Å². The van der Waals surface area contributed by atoms with Crippen LogP contribution in [0.1, 0.15) is 17.0 Å². The molecule has 0 aromatic heterocycles. The van der Waals surface area contributed by atoms with Gasteiger partial charge in [-0.3, -0.25) is 0 Å². The summed E-state index contributed by atoms with van der Waals surface area (Å²) in [6.07, 6.45) is 1.86. The van der Waals surface area contributed by atoms with Crippen LogP contribution >= 0.6 is 0 Å². The van der Waals surface area contributed by atoms with Crippen LogP contribution in [0.25, 0.3) is 0 Å². The van der Waals surface area contributed by atoms with Gasteiger partial charge in [0.25, 0.3) is 0 Å². The topological polar surface area (TPSA) is 9.23 Å². The van der Waals surface area contributed by atoms with Gasteiger partial charge >= 0.3 is 0 Å². The first-order chi connectivity index (χ1) is 11.3. The smallest absolute Gasteiger partial charge is 0.127 e. The predicted molar refractivity (Wildman–Crippen MR) is 91.4 cm³/mol. The number of ether oxygens (including phenoxy) is 1. The summed E-state index contributed by atoms with van der Waals surface area (Å²) >= 11 is 0. The molecule has 0 aliphatic carbocycles. The Morgan fingerprint density at radius 3 is 2.17 bits per heavy atom. The first-order valence-corrected chi connectivity index (χ1v) is 7.47. The van der Waals surface area contributed by atoms with Gasteiger partial charge < -0.3 is 4.74 Å². The van der Waals surface area contributed by atoms with E-state index in [4.69, 9.17) is 4.74 Å². The van der Waals surface area contributed by atoms with Gasteiger partial charge in [0.05, 0.1) is 0 Å². The highest BCUT2D eigenvalue weighted by Crippen LogP contribution is 2.30. The van der Waals surface area contributed by atoms with Crippen molar-refractivity contribution in [3.63, 3.8) is 0 Å². The SMILES string of the molecule is C=CC(c1ccc(F)cc1)c1cccc(Oc2ccccc2)c1. The molecular formula is C21H17FO. The molecule has 0 fully saturated rings. The highest BCUT2D eigenvalue weighted by molar-refractivity contribution is 5.41. The van der Waals surface area contributed by atoms with E-state index in [1.54, 1.807) is 12.1 Å². The van der Waals surface area contributed by atoms with Gasteiger partial charge in [0.15, 0.2) is 0 Å². The minimum absolute atomic E-state index is 0.00470. The van der Waals surface area contributed by atoms with Gasteiger partial charge in [-0.25, -0.2) is 4.39 Å². The number of para-hydroxylation sites is 1. The lowest BCUT2D eigenvalue weighted by Crippen LogP contribution is -1.98.